The number of fused-ring (bicyclic) bond motifs is 1. The fraction of sp³-hybridized carbons (Fsp3) is 0.273. The van der Waals surface area contributed by atoms with Crippen molar-refractivity contribution in [3.63, 3.8) is 0 Å². The number of nitrogens with zero attached hydrogens (tertiary/aromatic N) is 2. The first kappa shape index (κ1) is 13.1. The molecule has 0 spiro atoms. The molecule has 0 aliphatic carbocycles. The Bertz CT molecular complexity index is 519. The predicted molar refractivity (Wildman–Crippen MR) is 70.4 cm³/mol. The third kappa shape index (κ3) is 2.55. The van der Waals surface area contributed by atoms with Gasteiger partial charge in [-0.15, -0.1) is 0 Å². The van der Waals surface area contributed by atoms with E-state index in [1.165, 1.54) is 12.4 Å². The minimum Gasteiger partial charge on any atom is -0.423 e. The fourth-order valence-corrected chi connectivity index (χ4v) is 1.91. The van der Waals surface area contributed by atoms with Gasteiger partial charge in [0.1, 0.15) is 0 Å². The quantitative estimate of drug-likeness (QED) is 0.475. The number of amides is 1. The number of carbonyl (C=O) groups is 1. The zero-order valence-corrected chi connectivity index (χ0v) is 10.8. The van der Waals surface area contributed by atoms with Crippen molar-refractivity contribution in [2.45, 2.75) is 6.61 Å². The predicted octanol–water partition coefficient (Wildman–Crippen LogP) is 0.288. The van der Waals surface area contributed by atoms with Crippen LogP contribution in [0.3, 0.4) is 0 Å². The number of carbonyl (C=O) groups excluding carboxylic acids is 1. The average molecular weight is 266 g/mol. The lowest BCUT2D eigenvalue weighted by molar-refractivity contribution is 0.100. The topological polar surface area (TPSA) is 62.1 Å². The summed E-state index contributed by atoms with van der Waals surface area (Å²) >= 11 is 6.02. The summed E-state index contributed by atoms with van der Waals surface area (Å²) < 4.78 is 5.05. The highest BCUT2D eigenvalue weighted by Gasteiger charge is 2.29. The molecule has 1 aliphatic rings. The van der Waals surface area contributed by atoms with Gasteiger partial charge in [-0.2, -0.15) is 4.99 Å². The minimum absolute atomic E-state index is 0.262. The molecule has 1 aromatic rings. The van der Waals surface area contributed by atoms with Crippen LogP contribution < -0.4 is 5.46 Å². The Balaban J connectivity index is 2.34. The lowest BCUT2D eigenvalue weighted by Crippen LogP contribution is -2.28. The largest absolute Gasteiger partial charge is 0.491 e. The number of hydrogen-bond donors (Lipinski definition) is 1. The molecule has 1 N–H and O–H groups in total. The molecular formula is C11H12BClN2O3. The second kappa shape index (κ2) is 5.10. The summed E-state index contributed by atoms with van der Waals surface area (Å²) in [4.78, 5) is 17.3. The molecule has 1 amide bonds. The molecule has 0 saturated heterocycles. The molecule has 0 fully saturated rings. The molecule has 0 bridgehead atoms. The van der Waals surface area contributed by atoms with Crippen molar-refractivity contribution >= 4 is 36.4 Å². The van der Waals surface area contributed by atoms with Crippen molar-refractivity contribution in [2.75, 3.05) is 14.1 Å². The summed E-state index contributed by atoms with van der Waals surface area (Å²) in [6.07, 6.45) is 1.40. The maximum Gasteiger partial charge on any atom is 0.491 e. The van der Waals surface area contributed by atoms with Crippen molar-refractivity contribution in [1.29, 1.82) is 0 Å². The summed E-state index contributed by atoms with van der Waals surface area (Å²) in [5.74, 6) is -0.449. The van der Waals surface area contributed by atoms with Crippen molar-refractivity contribution in [3.8, 4) is 0 Å². The van der Waals surface area contributed by atoms with Crippen molar-refractivity contribution in [3.05, 3.63) is 28.3 Å². The van der Waals surface area contributed by atoms with Crippen LogP contribution in [0, 0.1) is 0 Å². The zero-order valence-electron chi connectivity index (χ0n) is 10.1. The smallest absolute Gasteiger partial charge is 0.423 e. The van der Waals surface area contributed by atoms with Gasteiger partial charge in [-0.1, -0.05) is 11.6 Å². The van der Waals surface area contributed by atoms with Crippen molar-refractivity contribution in [2.24, 2.45) is 4.99 Å². The highest BCUT2D eigenvalue weighted by Crippen LogP contribution is 2.21. The van der Waals surface area contributed by atoms with Crippen LogP contribution in [0.4, 0.5) is 0 Å². The van der Waals surface area contributed by atoms with Crippen LogP contribution in [-0.2, 0) is 11.3 Å². The number of rotatable bonds is 2. The number of hydrogen-bond acceptors (Lipinski definition) is 3. The Morgan fingerprint density at radius 3 is 3.00 bits per heavy atom. The Morgan fingerprint density at radius 1 is 1.61 bits per heavy atom. The molecule has 94 valence electrons. The highest BCUT2D eigenvalue weighted by atomic mass is 35.5. The number of benzene rings is 1. The van der Waals surface area contributed by atoms with Crippen LogP contribution in [0.2, 0.25) is 5.02 Å². The standard InChI is InChI=1S/C11H12BClN2O3/c1-15(2)6-14-11(16)8-4-9-7(3-10(8)13)5-18-12(9)17/h3-4,6,17H,5H2,1-2H3/b14-6-. The van der Waals surface area contributed by atoms with Gasteiger partial charge in [-0.05, 0) is 23.2 Å². The molecule has 5 nitrogen and oxygen atoms in total. The maximum absolute atomic E-state index is 11.8. The van der Waals surface area contributed by atoms with Crippen molar-refractivity contribution < 1.29 is 14.5 Å². The van der Waals surface area contributed by atoms with Gasteiger partial charge in [0.05, 0.1) is 23.5 Å². The second-order valence-corrected chi connectivity index (χ2v) is 4.61. The van der Waals surface area contributed by atoms with E-state index < -0.39 is 13.0 Å². The molecule has 0 unspecified atom stereocenters. The van der Waals surface area contributed by atoms with E-state index in [4.69, 9.17) is 16.3 Å². The molecule has 0 aromatic heterocycles. The molecule has 18 heavy (non-hydrogen) atoms. The van der Waals surface area contributed by atoms with E-state index in [0.717, 1.165) is 5.56 Å². The Morgan fingerprint density at radius 2 is 2.33 bits per heavy atom. The first-order valence-electron chi connectivity index (χ1n) is 5.36. The minimum atomic E-state index is -0.998. The molecular weight excluding hydrogens is 254 g/mol. The fourth-order valence-electron chi connectivity index (χ4n) is 1.65. The average Bonchev–Trinajstić information content (AvgIpc) is 2.66. The summed E-state index contributed by atoms with van der Waals surface area (Å²) in [5, 5.41) is 9.89. The maximum atomic E-state index is 11.8. The molecule has 0 radical (unpaired) electrons. The van der Waals surface area contributed by atoms with Crippen LogP contribution in [0.5, 0.6) is 0 Å². The lowest BCUT2D eigenvalue weighted by atomic mass is 9.78. The van der Waals surface area contributed by atoms with E-state index in [1.54, 1.807) is 25.1 Å². The van der Waals surface area contributed by atoms with E-state index in [-0.39, 0.29) is 5.56 Å². The first-order chi connectivity index (χ1) is 8.49. The zero-order chi connectivity index (χ0) is 13.3. The Kier molecular flexibility index (Phi) is 3.70. The first-order valence-corrected chi connectivity index (χ1v) is 5.74. The van der Waals surface area contributed by atoms with Gasteiger partial charge in [-0.25, -0.2) is 0 Å². The SMILES string of the molecule is CN(C)/C=N\C(=O)c1cc2c(cc1Cl)COB2O. The third-order valence-electron chi connectivity index (χ3n) is 2.53. The lowest BCUT2D eigenvalue weighted by Gasteiger charge is -2.05. The van der Waals surface area contributed by atoms with E-state index >= 15 is 0 Å². The van der Waals surface area contributed by atoms with Gasteiger partial charge in [0.2, 0.25) is 0 Å². The monoisotopic (exact) mass is 266 g/mol. The van der Waals surface area contributed by atoms with Crippen LogP contribution in [0.15, 0.2) is 17.1 Å². The summed E-state index contributed by atoms with van der Waals surface area (Å²) in [5.41, 5.74) is 1.63. The van der Waals surface area contributed by atoms with Crippen LogP contribution in [-0.4, -0.2) is 43.4 Å². The van der Waals surface area contributed by atoms with E-state index in [1.807, 2.05) is 0 Å². The molecule has 1 aromatic carbocycles. The van der Waals surface area contributed by atoms with E-state index in [9.17, 15) is 9.82 Å². The molecule has 1 aliphatic heterocycles. The second-order valence-electron chi connectivity index (χ2n) is 4.21. The Labute approximate surface area is 110 Å². The molecule has 0 atom stereocenters. The molecule has 1 heterocycles. The number of aliphatic imine (C=N–C) groups is 1. The van der Waals surface area contributed by atoms with Gasteiger partial charge in [-0.3, -0.25) is 4.79 Å². The van der Waals surface area contributed by atoms with Gasteiger partial charge in [0.15, 0.2) is 0 Å². The van der Waals surface area contributed by atoms with Crippen LogP contribution in [0.1, 0.15) is 15.9 Å². The van der Waals surface area contributed by atoms with Gasteiger partial charge < -0.3 is 14.6 Å². The van der Waals surface area contributed by atoms with Gasteiger partial charge in [0, 0.05) is 14.1 Å². The number of halogens is 1. The highest BCUT2D eigenvalue weighted by molar-refractivity contribution is 6.61. The van der Waals surface area contributed by atoms with Crippen LogP contribution in [0.25, 0.3) is 0 Å². The molecule has 2 rings (SSSR count). The van der Waals surface area contributed by atoms with Crippen LogP contribution >= 0.6 is 11.6 Å². The third-order valence-corrected chi connectivity index (χ3v) is 2.84. The summed E-state index contributed by atoms with van der Waals surface area (Å²) in [6.45, 7) is 0.297. The van der Waals surface area contributed by atoms with Gasteiger partial charge >= 0.3 is 7.12 Å². The van der Waals surface area contributed by atoms with Crippen molar-refractivity contribution in [1.82, 2.24) is 4.90 Å². The molecule has 7 heteroatoms. The Hall–Kier alpha value is -1.37. The summed E-state index contributed by atoms with van der Waals surface area (Å²) in [6, 6.07) is 3.16. The van der Waals surface area contributed by atoms with E-state index in [2.05, 4.69) is 4.99 Å². The summed E-state index contributed by atoms with van der Waals surface area (Å²) in [7, 11) is 2.53. The normalized spacial score (nSPS) is 14.1. The molecule has 0 saturated carbocycles. The van der Waals surface area contributed by atoms with E-state index in [0.29, 0.717) is 17.1 Å². The van der Waals surface area contributed by atoms with Gasteiger partial charge in [0.25, 0.3) is 5.91 Å².